The van der Waals surface area contributed by atoms with Crippen molar-refractivity contribution < 1.29 is 0 Å². The molecule has 0 bridgehead atoms. The maximum Gasteiger partial charge on any atom is 0.184 e. The average Bonchev–Trinajstić information content (AvgIpc) is 2.44. The van der Waals surface area contributed by atoms with E-state index >= 15 is 0 Å². The van der Waals surface area contributed by atoms with Gasteiger partial charge in [-0.25, -0.2) is 4.98 Å². The fourth-order valence-electron chi connectivity index (χ4n) is 1.36. The van der Waals surface area contributed by atoms with Gasteiger partial charge in [0, 0.05) is 11.4 Å². The van der Waals surface area contributed by atoms with Crippen molar-refractivity contribution in [2.75, 3.05) is 5.32 Å². The summed E-state index contributed by atoms with van der Waals surface area (Å²) in [5, 5.41) is 6.77. The molecule has 2 unspecified atom stereocenters. The summed E-state index contributed by atoms with van der Waals surface area (Å²) >= 11 is 7.28. The highest BCUT2D eigenvalue weighted by atomic mass is 35.5. The highest BCUT2D eigenvalue weighted by Gasteiger charge is 2.26. The number of hydrogen-bond donors (Lipinski definition) is 1. The van der Waals surface area contributed by atoms with Crippen molar-refractivity contribution in [1.29, 1.82) is 0 Å². The lowest BCUT2D eigenvalue weighted by Crippen LogP contribution is -2.36. The van der Waals surface area contributed by atoms with Crippen molar-refractivity contribution in [3.63, 3.8) is 0 Å². The van der Waals surface area contributed by atoms with Crippen LogP contribution in [0.25, 0.3) is 0 Å². The summed E-state index contributed by atoms with van der Waals surface area (Å²) < 4.78 is 0. The molecule has 2 atom stereocenters. The molecule has 2 rings (SSSR count). The zero-order valence-electron chi connectivity index (χ0n) is 6.88. The summed E-state index contributed by atoms with van der Waals surface area (Å²) in [6.45, 7) is 2.26. The minimum absolute atomic E-state index is 0.592. The van der Waals surface area contributed by atoms with E-state index in [0.29, 0.717) is 11.2 Å². The van der Waals surface area contributed by atoms with Crippen molar-refractivity contribution in [3.05, 3.63) is 10.5 Å². The second kappa shape index (κ2) is 3.23. The van der Waals surface area contributed by atoms with Gasteiger partial charge in [-0.2, -0.15) is 0 Å². The lowest BCUT2D eigenvalue weighted by atomic mass is 9.81. The Morgan fingerprint density at radius 3 is 2.92 bits per heavy atom. The molecule has 0 saturated heterocycles. The first-order chi connectivity index (χ1) is 5.75. The fraction of sp³-hybridized carbons (Fsp3) is 0.625. The molecular formula is C8H11ClN2S. The number of anilines is 1. The molecule has 0 radical (unpaired) electrons. The van der Waals surface area contributed by atoms with Crippen LogP contribution in [0.2, 0.25) is 5.15 Å². The summed E-state index contributed by atoms with van der Waals surface area (Å²) in [5.74, 6) is 0.785. The summed E-state index contributed by atoms with van der Waals surface area (Å²) in [7, 11) is 0. The van der Waals surface area contributed by atoms with Crippen LogP contribution in [0.3, 0.4) is 0 Å². The summed E-state index contributed by atoms with van der Waals surface area (Å²) in [6.07, 6.45) is 2.59. The highest BCUT2D eigenvalue weighted by molar-refractivity contribution is 7.14. The van der Waals surface area contributed by atoms with E-state index in [1.165, 1.54) is 12.8 Å². The topological polar surface area (TPSA) is 24.9 Å². The number of aromatic nitrogens is 1. The van der Waals surface area contributed by atoms with E-state index in [1.54, 1.807) is 11.3 Å². The number of nitrogens with one attached hydrogen (secondary N) is 1. The van der Waals surface area contributed by atoms with Crippen molar-refractivity contribution in [2.24, 2.45) is 5.92 Å². The van der Waals surface area contributed by atoms with Crippen LogP contribution in [0.15, 0.2) is 5.38 Å². The minimum atomic E-state index is 0.592. The van der Waals surface area contributed by atoms with Gasteiger partial charge in [-0.1, -0.05) is 18.5 Å². The van der Waals surface area contributed by atoms with E-state index in [-0.39, 0.29) is 0 Å². The predicted octanol–water partition coefficient (Wildman–Crippen LogP) is 3.01. The third-order valence-electron chi connectivity index (χ3n) is 2.40. The van der Waals surface area contributed by atoms with Crippen LogP contribution in [0, 0.1) is 5.92 Å². The lowest BCUT2D eigenvalue weighted by Gasteiger charge is -2.34. The zero-order chi connectivity index (χ0) is 8.55. The molecule has 12 heavy (non-hydrogen) atoms. The molecule has 0 amide bonds. The van der Waals surface area contributed by atoms with E-state index in [1.807, 2.05) is 5.38 Å². The minimum Gasteiger partial charge on any atom is -0.358 e. The number of thiazole rings is 1. The van der Waals surface area contributed by atoms with Gasteiger partial charge in [0.2, 0.25) is 0 Å². The SMILES string of the molecule is CC1CCC1Nc1nc(Cl)cs1. The maximum atomic E-state index is 5.70. The molecule has 1 aliphatic carbocycles. The molecule has 1 aliphatic rings. The highest BCUT2D eigenvalue weighted by Crippen LogP contribution is 2.31. The van der Waals surface area contributed by atoms with Gasteiger partial charge in [-0.15, -0.1) is 11.3 Å². The maximum absolute atomic E-state index is 5.70. The molecule has 0 aromatic carbocycles. The molecule has 4 heteroatoms. The van der Waals surface area contributed by atoms with Crippen LogP contribution in [-0.2, 0) is 0 Å². The van der Waals surface area contributed by atoms with Gasteiger partial charge in [0.15, 0.2) is 5.13 Å². The third-order valence-corrected chi connectivity index (χ3v) is 3.50. The van der Waals surface area contributed by atoms with Crippen molar-refractivity contribution in [3.8, 4) is 0 Å². The molecule has 1 heterocycles. The fourth-order valence-corrected chi connectivity index (χ4v) is 2.26. The summed E-state index contributed by atoms with van der Waals surface area (Å²) in [5.41, 5.74) is 0. The Kier molecular flexibility index (Phi) is 2.24. The first kappa shape index (κ1) is 8.32. The smallest absolute Gasteiger partial charge is 0.184 e. The standard InChI is InChI=1S/C8H11ClN2S/c1-5-2-3-6(5)10-8-11-7(9)4-12-8/h4-6H,2-3H2,1H3,(H,10,11). The monoisotopic (exact) mass is 202 g/mol. The molecule has 1 aromatic rings. The Morgan fingerprint density at radius 1 is 1.67 bits per heavy atom. The number of hydrogen-bond acceptors (Lipinski definition) is 3. The Bertz CT molecular complexity index is 274. The van der Waals surface area contributed by atoms with Gasteiger partial charge < -0.3 is 5.32 Å². The molecule has 2 nitrogen and oxygen atoms in total. The second-order valence-corrected chi connectivity index (χ2v) is 4.53. The second-order valence-electron chi connectivity index (χ2n) is 3.28. The van der Waals surface area contributed by atoms with E-state index in [4.69, 9.17) is 11.6 Å². The molecule has 1 fully saturated rings. The van der Waals surface area contributed by atoms with Crippen LogP contribution < -0.4 is 5.32 Å². The zero-order valence-corrected chi connectivity index (χ0v) is 8.45. The van der Waals surface area contributed by atoms with Crippen LogP contribution >= 0.6 is 22.9 Å². The Labute approximate surface area is 81.0 Å². The Hall–Kier alpha value is -0.280. The molecular weight excluding hydrogens is 192 g/mol. The number of halogens is 1. The largest absolute Gasteiger partial charge is 0.358 e. The Balaban J connectivity index is 1.95. The van der Waals surface area contributed by atoms with E-state index in [2.05, 4.69) is 17.2 Å². The van der Waals surface area contributed by atoms with Crippen LogP contribution in [-0.4, -0.2) is 11.0 Å². The van der Waals surface area contributed by atoms with Gasteiger partial charge in [0.05, 0.1) is 0 Å². The van der Waals surface area contributed by atoms with Crippen molar-refractivity contribution >= 4 is 28.1 Å². The molecule has 0 aliphatic heterocycles. The van der Waals surface area contributed by atoms with Gasteiger partial charge in [0.1, 0.15) is 5.15 Å². The molecule has 1 saturated carbocycles. The van der Waals surface area contributed by atoms with Gasteiger partial charge in [0.25, 0.3) is 0 Å². The quantitative estimate of drug-likeness (QED) is 0.798. The van der Waals surface area contributed by atoms with Crippen LogP contribution in [0.1, 0.15) is 19.8 Å². The first-order valence-electron chi connectivity index (χ1n) is 4.13. The van der Waals surface area contributed by atoms with Gasteiger partial charge in [-0.3, -0.25) is 0 Å². The van der Waals surface area contributed by atoms with Crippen molar-refractivity contribution in [2.45, 2.75) is 25.8 Å². The molecule has 1 aromatic heterocycles. The summed E-state index contributed by atoms with van der Waals surface area (Å²) in [6, 6.07) is 0.618. The molecule has 0 spiro atoms. The predicted molar refractivity (Wildman–Crippen MR) is 52.9 cm³/mol. The van der Waals surface area contributed by atoms with Crippen LogP contribution in [0.5, 0.6) is 0 Å². The third kappa shape index (κ3) is 1.57. The normalized spacial score (nSPS) is 28.2. The van der Waals surface area contributed by atoms with Crippen LogP contribution in [0.4, 0.5) is 5.13 Å². The van der Waals surface area contributed by atoms with E-state index in [0.717, 1.165) is 11.0 Å². The van der Waals surface area contributed by atoms with E-state index < -0.39 is 0 Å². The Morgan fingerprint density at radius 2 is 2.50 bits per heavy atom. The number of rotatable bonds is 2. The van der Waals surface area contributed by atoms with E-state index in [9.17, 15) is 0 Å². The lowest BCUT2D eigenvalue weighted by molar-refractivity contribution is 0.303. The molecule has 66 valence electrons. The van der Waals surface area contributed by atoms with Gasteiger partial charge in [-0.05, 0) is 18.8 Å². The summed E-state index contributed by atoms with van der Waals surface area (Å²) in [4.78, 5) is 4.14. The molecule has 1 N–H and O–H groups in total. The van der Waals surface area contributed by atoms with Gasteiger partial charge >= 0.3 is 0 Å². The average molecular weight is 203 g/mol. The van der Waals surface area contributed by atoms with Crippen molar-refractivity contribution in [1.82, 2.24) is 4.98 Å². The first-order valence-corrected chi connectivity index (χ1v) is 5.39. The number of nitrogens with zero attached hydrogens (tertiary/aromatic N) is 1.